The number of fused-ring (bicyclic) bond motifs is 1. The van der Waals surface area contributed by atoms with Crippen LogP contribution < -0.4 is 4.90 Å². The van der Waals surface area contributed by atoms with Crippen LogP contribution in [-0.4, -0.2) is 46.0 Å². The minimum Gasteiger partial charge on any atom is -0.377 e. The number of aromatic amines is 1. The average molecular weight is 349 g/mol. The van der Waals surface area contributed by atoms with Crippen LogP contribution in [0.2, 0.25) is 0 Å². The number of hydrogen-bond donors (Lipinski definition) is 1. The molecule has 0 amide bonds. The lowest BCUT2D eigenvalue weighted by atomic mass is 10.0. The molecule has 26 heavy (non-hydrogen) atoms. The third-order valence-electron chi connectivity index (χ3n) is 5.67. The smallest absolute Gasteiger partial charge is 0.130 e. The van der Waals surface area contributed by atoms with Gasteiger partial charge in [-0.1, -0.05) is 6.92 Å². The van der Waals surface area contributed by atoms with Crippen LogP contribution in [0.25, 0.3) is 22.3 Å². The first kappa shape index (κ1) is 15.8. The minimum absolute atomic E-state index is 0.324. The van der Waals surface area contributed by atoms with E-state index in [2.05, 4.69) is 46.1 Å². The van der Waals surface area contributed by atoms with Gasteiger partial charge in [-0.05, 0) is 48.9 Å². The molecule has 1 saturated heterocycles. The molecule has 134 valence electrons. The first-order chi connectivity index (χ1) is 12.7. The zero-order chi connectivity index (χ0) is 17.7. The number of aromatic nitrogens is 4. The molecule has 0 bridgehead atoms. The molecule has 1 N–H and O–H groups in total. The standard InChI is InChI=1S/C20H23N5O/c1-12-9-15(12)16-10-18(25-7-8-26-11-13(25)2)23-19-14(16)3-5-21-20(19)17-4-6-22-24-17/h3-6,10,12-13,15H,7-9,11H2,1-2H3,(H,22,24)/t12-,13+,15-/m0/s1. The third-order valence-corrected chi connectivity index (χ3v) is 5.67. The summed E-state index contributed by atoms with van der Waals surface area (Å²) in [5, 5.41) is 8.34. The average Bonchev–Trinajstić information content (AvgIpc) is 3.15. The Balaban J connectivity index is 1.72. The molecule has 2 fully saturated rings. The van der Waals surface area contributed by atoms with Crippen molar-refractivity contribution in [2.75, 3.05) is 24.7 Å². The highest BCUT2D eigenvalue weighted by molar-refractivity contribution is 5.94. The van der Waals surface area contributed by atoms with Crippen molar-refractivity contribution in [2.45, 2.75) is 32.2 Å². The number of nitrogens with zero attached hydrogens (tertiary/aromatic N) is 4. The summed E-state index contributed by atoms with van der Waals surface area (Å²) in [6, 6.07) is 6.68. The van der Waals surface area contributed by atoms with Crippen molar-refractivity contribution in [3.05, 3.63) is 36.2 Å². The summed E-state index contributed by atoms with van der Waals surface area (Å²) in [4.78, 5) is 12.0. The molecule has 1 saturated carbocycles. The number of rotatable bonds is 3. The lowest BCUT2D eigenvalue weighted by Crippen LogP contribution is -2.44. The maximum atomic E-state index is 5.62. The Morgan fingerprint density at radius 1 is 1.23 bits per heavy atom. The Morgan fingerprint density at radius 3 is 2.85 bits per heavy atom. The summed E-state index contributed by atoms with van der Waals surface area (Å²) in [5.41, 5.74) is 4.14. The number of ether oxygens (including phenoxy) is 1. The van der Waals surface area contributed by atoms with Gasteiger partial charge in [-0.2, -0.15) is 5.10 Å². The van der Waals surface area contributed by atoms with Gasteiger partial charge in [0.15, 0.2) is 0 Å². The van der Waals surface area contributed by atoms with Crippen molar-refractivity contribution in [2.24, 2.45) is 5.92 Å². The van der Waals surface area contributed by atoms with E-state index in [1.807, 2.05) is 12.3 Å². The lowest BCUT2D eigenvalue weighted by Gasteiger charge is -2.34. The first-order valence-corrected chi connectivity index (χ1v) is 9.36. The Morgan fingerprint density at radius 2 is 2.12 bits per heavy atom. The second kappa shape index (κ2) is 6.06. The van der Waals surface area contributed by atoms with Gasteiger partial charge >= 0.3 is 0 Å². The fourth-order valence-corrected chi connectivity index (χ4v) is 4.03. The number of morpholine rings is 1. The largest absolute Gasteiger partial charge is 0.377 e. The van der Waals surface area contributed by atoms with Gasteiger partial charge in [-0.15, -0.1) is 0 Å². The fraction of sp³-hybridized carbons (Fsp3) is 0.450. The molecule has 3 aromatic heterocycles. The Hall–Kier alpha value is -2.47. The SMILES string of the molecule is C[C@@H]1COCCN1c1cc([C@H]2C[C@@H]2C)c2ccnc(-c3ccn[nH]3)c2n1. The molecule has 0 aromatic carbocycles. The quantitative estimate of drug-likeness (QED) is 0.785. The highest BCUT2D eigenvalue weighted by Gasteiger charge is 2.36. The van der Waals surface area contributed by atoms with Crippen molar-refractivity contribution in [1.29, 1.82) is 0 Å². The molecule has 4 heterocycles. The lowest BCUT2D eigenvalue weighted by molar-refractivity contribution is 0.0985. The summed E-state index contributed by atoms with van der Waals surface area (Å²) in [5.74, 6) is 2.39. The van der Waals surface area contributed by atoms with Gasteiger partial charge in [0.05, 0.1) is 24.9 Å². The van der Waals surface area contributed by atoms with Gasteiger partial charge in [-0.25, -0.2) is 4.98 Å². The predicted octanol–water partition coefficient (Wildman–Crippen LogP) is 3.37. The molecule has 0 unspecified atom stereocenters. The molecule has 2 aliphatic rings. The second-order valence-corrected chi connectivity index (χ2v) is 7.53. The van der Waals surface area contributed by atoms with E-state index in [0.717, 1.165) is 48.4 Å². The summed E-state index contributed by atoms with van der Waals surface area (Å²) in [6.45, 7) is 6.89. The van der Waals surface area contributed by atoms with Crippen LogP contribution in [0.3, 0.4) is 0 Å². The molecule has 1 aliphatic carbocycles. The van der Waals surface area contributed by atoms with Crippen molar-refractivity contribution < 1.29 is 4.74 Å². The highest BCUT2D eigenvalue weighted by Crippen LogP contribution is 2.50. The molecule has 1 aliphatic heterocycles. The van der Waals surface area contributed by atoms with E-state index >= 15 is 0 Å². The maximum absolute atomic E-state index is 5.62. The summed E-state index contributed by atoms with van der Waals surface area (Å²) in [7, 11) is 0. The van der Waals surface area contributed by atoms with Crippen molar-refractivity contribution in [3.63, 3.8) is 0 Å². The first-order valence-electron chi connectivity index (χ1n) is 9.36. The second-order valence-electron chi connectivity index (χ2n) is 7.53. The molecule has 3 aromatic rings. The Kier molecular flexibility index (Phi) is 3.67. The zero-order valence-electron chi connectivity index (χ0n) is 15.1. The van der Waals surface area contributed by atoms with Gasteiger partial charge in [0, 0.05) is 24.3 Å². The van der Waals surface area contributed by atoms with Crippen LogP contribution in [0.5, 0.6) is 0 Å². The summed E-state index contributed by atoms with van der Waals surface area (Å²) in [6.07, 6.45) is 4.89. The summed E-state index contributed by atoms with van der Waals surface area (Å²) >= 11 is 0. The summed E-state index contributed by atoms with van der Waals surface area (Å²) < 4.78 is 5.62. The van der Waals surface area contributed by atoms with Crippen molar-refractivity contribution in [3.8, 4) is 11.4 Å². The van der Waals surface area contributed by atoms with Crippen LogP contribution in [0.1, 0.15) is 31.7 Å². The van der Waals surface area contributed by atoms with Gasteiger partial charge in [-0.3, -0.25) is 10.1 Å². The highest BCUT2D eigenvalue weighted by atomic mass is 16.5. The topological polar surface area (TPSA) is 66.9 Å². The van der Waals surface area contributed by atoms with Crippen LogP contribution in [0.4, 0.5) is 5.82 Å². The van der Waals surface area contributed by atoms with E-state index < -0.39 is 0 Å². The third kappa shape index (κ3) is 2.56. The van der Waals surface area contributed by atoms with Crippen LogP contribution in [0.15, 0.2) is 30.6 Å². The maximum Gasteiger partial charge on any atom is 0.130 e. The van der Waals surface area contributed by atoms with Crippen LogP contribution >= 0.6 is 0 Å². The van der Waals surface area contributed by atoms with E-state index in [0.29, 0.717) is 12.0 Å². The van der Waals surface area contributed by atoms with Gasteiger partial charge < -0.3 is 9.64 Å². The number of pyridine rings is 2. The molecular weight excluding hydrogens is 326 g/mol. The predicted molar refractivity (Wildman–Crippen MR) is 101 cm³/mol. The number of nitrogens with one attached hydrogen (secondary N) is 1. The Labute approximate surface area is 152 Å². The minimum atomic E-state index is 0.324. The van der Waals surface area contributed by atoms with E-state index in [4.69, 9.17) is 9.72 Å². The monoisotopic (exact) mass is 349 g/mol. The van der Waals surface area contributed by atoms with E-state index in [1.54, 1.807) is 6.20 Å². The number of H-pyrrole nitrogens is 1. The van der Waals surface area contributed by atoms with Gasteiger partial charge in [0.25, 0.3) is 0 Å². The number of anilines is 1. The van der Waals surface area contributed by atoms with E-state index in [9.17, 15) is 0 Å². The van der Waals surface area contributed by atoms with E-state index in [1.165, 1.54) is 17.4 Å². The molecule has 5 rings (SSSR count). The normalized spacial score (nSPS) is 25.6. The molecular formula is C20H23N5O. The van der Waals surface area contributed by atoms with Gasteiger partial charge in [0.1, 0.15) is 17.0 Å². The molecule has 3 atom stereocenters. The molecule has 6 nitrogen and oxygen atoms in total. The molecule has 0 radical (unpaired) electrons. The number of hydrogen-bond acceptors (Lipinski definition) is 5. The van der Waals surface area contributed by atoms with Gasteiger partial charge in [0.2, 0.25) is 0 Å². The fourth-order valence-electron chi connectivity index (χ4n) is 4.03. The molecule has 6 heteroatoms. The van der Waals surface area contributed by atoms with Crippen LogP contribution in [-0.2, 0) is 4.74 Å². The zero-order valence-corrected chi connectivity index (χ0v) is 15.1. The Bertz CT molecular complexity index is 939. The van der Waals surface area contributed by atoms with Crippen molar-refractivity contribution >= 4 is 16.7 Å². The van der Waals surface area contributed by atoms with Crippen molar-refractivity contribution in [1.82, 2.24) is 20.2 Å². The van der Waals surface area contributed by atoms with Crippen LogP contribution in [0, 0.1) is 5.92 Å². The van der Waals surface area contributed by atoms with E-state index in [-0.39, 0.29) is 0 Å². The molecule has 0 spiro atoms.